The number of halogens is 2. The van der Waals surface area contributed by atoms with Gasteiger partial charge in [-0.1, -0.05) is 0 Å². The highest BCUT2D eigenvalue weighted by Gasteiger charge is 2.11. The molecule has 0 bridgehead atoms. The van der Waals surface area contributed by atoms with E-state index < -0.39 is 0 Å². The zero-order valence-electron chi connectivity index (χ0n) is 17.6. The molecular formula is C20H26Cl2N8. The Morgan fingerprint density at radius 1 is 0.933 bits per heavy atom. The van der Waals surface area contributed by atoms with Gasteiger partial charge in [0.1, 0.15) is 38.0 Å². The summed E-state index contributed by atoms with van der Waals surface area (Å²) in [6, 6.07) is 3.97. The topological polar surface area (TPSA) is 89.4 Å². The van der Waals surface area contributed by atoms with Crippen molar-refractivity contribution in [3.05, 3.63) is 54.8 Å². The third-order valence-corrected chi connectivity index (χ3v) is 3.98. The molecule has 30 heavy (non-hydrogen) atoms. The molecule has 0 saturated heterocycles. The zero-order valence-corrected chi connectivity index (χ0v) is 19.2. The van der Waals surface area contributed by atoms with Gasteiger partial charge in [0, 0.05) is 43.5 Å². The van der Waals surface area contributed by atoms with Crippen molar-refractivity contribution in [3.8, 4) is 0 Å². The van der Waals surface area contributed by atoms with Gasteiger partial charge in [-0.2, -0.15) is 0 Å². The number of H-pyrrole nitrogens is 2. The van der Waals surface area contributed by atoms with Gasteiger partial charge in [-0.25, -0.2) is 24.5 Å². The monoisotopic (exact) mass is 448 g/mol. The van der Waals surface area contributed by atoms with Crippen LogP contribution in [0.15, 0.2) is 43.4 Å². The van der Waals surface area contributed by atoms with Gasteiger partial charge < -0.3 is 27.3 Å². The van der Waals surface area contributed by atoms with Crippen LogP contribution in [0.2, 0.25) is 0 Å². The van der Waals surface area contributed by atoms with Crippen LogP contribution in [-0.2, 0) is 0 Å². The molecule has 2 N–H and O–H groups in total. The summed E-state index contributed by atoms with van der Waals surface area (Å²) in [4.78, 5) is 24.8. The maximum absolute atomic E-state index is 4.40. The summed E-state index contributed by atoms with van der Waals surface area (Å²) < 4.78 is 2.01. The van der Waals surface area contributed by atoms with E-state index in [2.05, 4.69) is 42.3 Å². The maximum Gasteiger partial charge on any atom is 0.173 e. The highest BCUT2D eigenvalue weighted by molar-refractivity contribution is 6.11. The molecule has 0 atom stereocenters. The number of aromatic nitrogens is 6. The predicted octanol–water partition coefficient (Wildman–Crippen LogP) is -0.105. The minimum absolute atomic E-state index is 0. The fourth-order valence-electron chi connectivity index (χ4n) is 2.82. The van der Waals surface area contributed by atoms with Crippen LogP contribution < -0.4 is 12.4 Å². The SMILES string of the molecule is CN(C)/C=C(/C=[N+](C)C)c1ncnc2[nH]ccc12.Cc1ncnc2[nH]ccc12.Cl.[Cl-]. The lowest BCUT2D eigenvalue weighted by molar-refractivity contribution is -0.458. The first-order valence-electron chi connectivity index (χ1n) is 8.88. The molecule has 0 unspecified atom stereocenters. The molecule has 0 radical (unpaired) electrons. The Morgan fingerprint density at radius 3 is 2.07 bits per heavy atom. The summed E-state index contributed by atoms with van der Waals surface area (Å²) in [5.74, 6) is 0. The molecule has 0 spiro atoms. The standard InChI is InChI=1S/C13H18N5.C7H7N3.2ClH/c1-17(2)7-10(8-18(3)4)12-11-5-6-14-13(11)16-9-15-12;1-5-6-2-3-8-7(6)10-4-9-5;;/h5-9H,1-4H3,(H,14,15,16);2-4H,1H3,(H,8,9,10);2*1H/q+1;;;/p-1. The normalized spacial score (nSPS) is 10.5. The molecule has 0 aliphatic carbocycles. The highest BCUT2D eigenvalue weighted by Crippen LogP contribution is 2.19. The van der Waals surface area contributed by atoms with Crippen molar-refractivity contribution in [2.75, 3.05) is 28.2 Å². The number of aryl methyl sites for hydroxylation is 1. The van der Waals surface area contributed by atoms with Crippen molar-refractivity contribution in [2.24, 2.45) is 0 Å². The van der Waals surface area contributed by atoms with Gasteiger partial charge in [0.15, 0.2) is 6.21 Å². The smallest absolute Gasteiger partial charge is 0.173 e. The fraction of sp³-hybridized carbons (Fsp3) is 0.250. The van der Waals surface area contributed by atoms with Crippen molar-refractivity contribution in [1.82, 2.24) is 34.8 Å². The van der Waals surface area contributed by atoms with Crippen molar-refractivity contribution < 1.29 is 17.0 Å². The van der Waals surface area contributed by atoms with Crippen LogP contribution in [0.4, 0.5) is 0 Å². The Bertz CT molecular complexity index is 1140. The van der Waals surface area contributed by atoms with Crippen molar-refractivity contribution in [2.45, 2.75) is 6.92 Å². The van der Waals surface area contributed by atoms with E-state index in [1.54, 1.807) is 12.7 Å². The van der Waals surface area contributed by atoms with E-state index >= 15 is 0 Å². The lowest BCUT2D eigenvalue weighted by Crippen LogP contribution is -3.00. The van der Waals surface area contributed by atoms with Crippen LogP contribution >= 0.6 is 12.4 Å². The first-order chi connectivity index (χ1) is 13.5. The van der Waals surface area contributed by atoms with Gasteiger partial charge in [0.2, 0.25) is 0 Å². The molecule has 4 aromatic heterocycles. The van der Waals surface area contributed by atoms with Gasteiger partial charge in [0.25, 0.3) is 0 Å². The third-order valence-electron chi connectivity index (χ3n) is 3.98. The third kappa shape index (κ3) is 6.01. The van der Waals surface area contributed by atoms with Crippen molar-refractivity contribution >= 4 is 46.3 Å². The highest BCUT2D eigenvalue weighted by atomic mass is 35.5. The molecule has 4 rings (SSSR count). The second-order valence-corrected chi connectivity index (χ2v) is 6.80. The lowest BCUT2D eigenvalue weighted by Gasteiger charge is -2.07. The Labute approximate surface area is 188 Å². The number of hydrogen-bond donors (Lipinski definition) is 2. The van der Waals surface area contributed by atoms with E-state index in [9.17, 15) is 0 Å². The van der Waals surface area contributed by atoms with E-state index in [0.717, 1.165) is 39.0 Å². The predicted molar refractivity (Wildman–Crippen MR) is 120 cm³/mol. The summed E-state index contributed by atoms with van der Waals surface area (Å²) in [6.45, 7) is 1.97. The number of fused-ring (bicyclic) bond motifs is 2. The van der Waals surface area contributed by atoms with E-state index in [4.69, 9.17) is 0 Å². The van der Waals surface area contributed by atoms with Gasteiger partial charge >= 0.3 is 0 Å². The molecule has 160 valence electrons. The Kier molecular flexibility index (Phi) is 9.42. The Morgan fingerprint density at radius 2 is 1.50 bits per heavy atom. The van der Waals surface area contributed by atoms with Crippen molar-refractivity contribution in [3.63, 3.8) is 0 Å². The van der Waals surface area contributed by atoms with Crippen LogP contribution in [0, 0.1) is 6.92 Å². The minimum atomic E-state index is 0. The molecule has 0 aliphatic heterocycles. The van der Waals surface area contributed by atoms with Gasteiger partial charge in [-0.05, 0) is 19.1 Å². The van der Waals surface area contributed by atoms with Crippen LogP contribution in [-0.4, -0.2) is 73.8 Å². The number of hydrogen-bond acceptors (Lipinski definition) is 5. The van der Waals surface area contributed by atoms with Crippen LogP contribution in [0.1, 0.15) is 11.4 Å². The zero-order chi connectivity index (χ0) is 20.1. The average molecular weight is 449 g/mol. The summed E-state index contributed by atoms with van der Waals surface area (Å²) in [6.07, 6.45) is 11.0. The number of nitrogens with one attached hydrogen (secondary N) is 2. The molecule has 0 aromatic carbocycles. The van der Waals surface area contributed by atoms with Crippen LogP contribution in [0.5, 0.6) is 0 Å². The summed E-state index contributed by atoms with van der Waals surface area (Å²) in [7, 11) is 8.00. The van der Waals surface area contributed by atoms with Crippen LogP contribution in [0.25, 0.3) is 27.6 Å². The first kappa shape index (κ1) is 25.1. The second kappa shape index (κ2) is 11.3. The van der Waals surface area contributed by atoms with E-state index in [-0.39, 0.29) is 24.8 Å². The quantitative estimate of drug-likeness (QED) is 0.337. The summed E-state index contributed by atoms with van der Waals surface area (Å²) in [5.41, 5.74) is 4.77. The van der Waals surface area contributed by atoms with Crippen LogP contribution in [0.3, 0.4) is 0 Å². The molecule has 4 heterocycles. The van der Waals surface area contributed by atoms with E-state index in [1.807, 2.05) is 69.1 Å². The van der Waals surface area contributed by atoms with E-state index in [0.29, 0.717) is 0 Å². The largest absolute Gasteiger partial charge is 1.00 e. The fourth-order valence-corrected chi connectivity index (χ4v) is 2.82. The molecular weight excluding hydrogens is 423 g/mol. The molecule has 0 fully saturated rings. The summed E-state index contributed by atoms with van der Waals surface area (Å²) >= 11 is 0. The molecule has 10 heteroatoms. The maximum atomic E-state index is 4.40. The second-order valence-electron chi connectivity index (χ2n) is 6.80. The number of aromatic amines is 2. The minimum Gasteiger partial charge on any atom is -1.00 e. The van der Waals surface area contributed by atoms with E-state index in [1.165, 1.54) is 0 Å². The number of nitrogens with zero attached hydrogens (tertiary/aromatic N) is 6. The lowest BCUT2D eigenvalue weighted by atomic mass is 10.1. The summed E-state index contributed by atoms with van der Waals surface area (Å²) in [5, 5.41) is 2.13. The molecule has 0 amide bonds. The first-order valence-corrected chi connectivity index (χ1v) is 8.88. The number of allylic oxidation sites excluding steroid dienone is 1. The number of rotatable bonds is 3. The van der Waals surface area contributed by atoms with Gasteiger partial charge in [-0.3, -0.25) is 0 Å². The Balaban J connectivity index is 0.000000320. The average Bonchev–Trinajstić information content (AvgIpc) is 3.30. The molecule has 0 aliphatic rings. The molecule has 0 saturated carbocycles. The van der Waals surface area contributed by atoms with Crippen molar-refractivity contribution in [1.29, 1.82) is 0 Å². The molecule has 4 aromatic rings. The van der Waals surface area contributed by atoms with Gasteiger partial charge in [-0.15, -0.1) is 12.4 Å². The Hall–Kier alpha value is -2.97. The molecule has 8 nitrogen and oxygen atoms in total. The van der Waals surface area contributed by atoms with Gasteiger partial charge in [0.05, 0.1) is 17.0 Å².